The smallest absolute Gasteiger partial charge is 0.272 e. The van der Waals surface area contributed by atoms with Crippen LogP contribution in [0.4, 0.5) is 14.5 Å². The van der Waals surface area contributed by atoms with Crippen LogP contribution in [0.5, 0.6) is 0 Å². The molecule has 2 aromatic rings. The summed E-state index contributed by atoms with van der Waals surface area (Å²) >= 11 is 0. The fourth-order valence-electron chi connectivity index (χ4n) is 2.71. The van der Waals surface area contributed by atoms with E-state index in [1.165, 1.54) is 18.3 Å². The summed E-state index contributed by atoms with van der Waals surface area (Å²) in [7, 11) is 0. The zero-order chi connectivity index (χ0) is 18.0. The Morgan fingerprint density at radius 3 is 2.36 bits per heavy atom. The number of piperazine rings is 1. The van der Waals surface area contributed by atoms with Gasteiger partial charge in [-0.3, -0.25) is 14.6 Å². The van der Waals surface area contributed by atoms with Crippen LogP contribution in [0.25, 0.3) is 0 Å². The third kappa shape index (κ3) is 3.57. The number of halogens is 2. The lowest BCUT2D eigenvalue weighted by Gasteiger charge is -2.36. The third-order valence-corrected chi connectivity index (χ3v) is 4.08. The van der Waals surface area contributed by atoms with Gasteiger partial charge in [-0.05, 0) is 24.3 Å². The first-order valence-electron chi connectivity index (χ1n) is 7.71. The molecule has 8 heteroatoms. The molecule has 130 valence electrons. The average Bonchev–Trinajstić information content (AvgIpc) is 2.63. The number of rotatable bonds is 3. The summed E-state index contributed by atoms with van der Waals surface area (Å²) in [5, 5.41) is 0. The molecule has 0 unspecified atom stereocenters. The largest absolute Gasteiger partial charge is 0.366 e. The van der Waals surface area contributed by atoms with Gasteiger partial charge < -0.3 is 15.5 Å². The van der Waals surface area contributed by atoms with E-state index in [0.717, 1.165) is 18.2 Å². The lowest BCUT2D eigenvalue weighted by molar-refractivity contribution is 0.0740. The van der Waals surface area contributed by atoms with Crippen LogP contribution in [0, 0.1) is 11.6 Å². The van der Waals surface area contributed by atoms with Crippen molar-refractivity contribution >= 4 is 17.5 Å². The molecular weight excluding hydrogens is 330 g/mol. The Labute approximate surface area is 142 Å². The van der Waals surface area contributed by atoms with Crippen LogP contribution in [0.2, 0.25) is 0 Å². The van der Waals surface area contributed by atoms with Crippen molar-refractivity contribution in [3.8, 4) is 0 Å². The summed E-state index contributed by atoms with van der Waals surface area (Å²) < 4.78 is 27.2. The van der Waals surface area contributed by atoms with Crippen molar-refractivity contribution in [3.05, 3.63) is 59.4 Å². The molecule has 25 heavy (non-hydrogen) atoms. The SMILES string of the molecule is NC(=O)c1ccc(C(=O)N2CCN(c3cc(F)ccc3F)CC2)nc1. The van der Waals surface area contributed by atoms with Crippen LogP contribution in [0.3, 0.4) is 0 Å². The number of nitrogens with two attached hydrogens (primary N) is 1. The van der Waals surface area contributed by atoms with Crippen molar-refractivity contribution in [1.29, 1.82) is 0 Å². The maximum atomic E-state index is 13.8. The number of hydrogen-bond donors (Lipinski definition) is 1. The normalized spacial score (nSPS) is 14.5. The minimum atomic E-state index is -0.614. The minimum Gasteiger partial charge on any atom is -0.366 e. The predicted octanol–water partition coefficient (Wildman–Crippen LogP) is 1.42. The molecule has 0 radical (unpaired) electrons. The Bertz CT molecular complexity index is 803. The van der Waals surface area contributed by atoms with E-state index in [9.17, 15) is 18.4 Å². The second kappa shape index (κ2) is 6.84. The van der Waals surface area contributed by atoms with Crippen LogP contribution in [0.15, 0.2) is 36.5 Å². The number of nitrogens with zero attached hydrogens (tertiary/aromatic N) is 3. The lowest BCUT2D eigenvalue weighted by atomic mass is 10.2. The Morgan fingerprint density at radius 2 is 1.76 bits per heavy atom. The van der Waals surface area contributed by atoms with Gasteiger partial charge in [0.15, 0.2) is 0 Å². The number of anilines is 1. The Hall–Kier alpha value is -3.03. The number of aromatic nitrogens is 1. The molecule has 3 rings (SSSR count). The van der Waals surface area contributed by atoms with E-state index < -0.39 is 17.5 Å². The maximum Gasteiger partial charge on any atom is 0.272 e. The van der Waals surface area contributed by atoms with Gasteiger partial charge in [-0.25, -0.2) is 8.78 Å². The Balaban J connectivity index is 1.66. The first-order valence-corrected chi connectivity index (χ1v) is 7.71. The topological polar surface area (TPSA) is 79.5 Å². The van der Waals surface area contributed by atoms with E-state index in [1.807, 2.05) is 0 Å². The highest BCUT2D eigenvalue weighted by molar-refractivity contribution is 5.95. The number of hydrogen-bond acceptors (Lipinski definition) is 4. The van der Waals surface area contributed by atoms with Crippen molar-refractivity contribution in [2.75, 3.05) is 31.1 Å². The standard InChI is InChI=1S/C17H16F2N4O2/c18-12-2-3-13(19)15(9-12)22-5-7-23(8-6-22)17(25)14-4-1-11(10-21-14)16(20)24/h1-4,9-10H,5-8H2,(H2,20,24). The molecule has 0 saturated carbocycles. The van der Waals surface area contributed by atoms with E-state index >= 15 is 0 Å². The van der Waals surface area contributed by atoms with Crippen LogP contribution >= 0.6 is 0 Å². The quantitative estimate of drug-likeness (QED) is 0.912. The van der Waals surface area contributed by atoms with Gasteiger partial charge in [0.2, 0.25) is 5.91 Å². The Kier molecular flexibility index (Phi) is 4.60. The molecule has 2 N–H and O–H groups in total. The summed E-state index contributed by atoms with van der Waals surface area (Å²) in [4.78, 5) is 30.7. The molecule has 1 saturated heterocycles. The molecule has 6 nitrogen and oxygen atoms in total. The van der Waals surface area contributed by atoms with Crippen LogP contribution < -0.4 is 10.6 Å². The van der Waals surface area contributed by atoms with Crippen molar-refractivity contribution in [1.82, 2.24) is 9.88 Å². The molecular formula is C17H16F2N4O2. The molecule has 2 heterocycles. The van der Waals surface area contributed by atoms with E-state index in [4.69, 9.17) is 5.73 Å². The van der Waals surface area contributed by atoms with E-state index in [-0.39, 0.29) is 22.9 Å². The van der Waals surface area contributed by atoms with Gasteiger partial charge in [-0.2, -0.15) is 0 Å². The minimum absolute atomic E-state index is 0.191. The molecule has 0 atom stereocenters. The number of primary amides is 1. The number of carbonyl (C=O) groups is 2. The molecule has 0 aliphatic carbocycles. The lowest BCUT2D eigenvalue weighted by Crippen LogP contribution is -2.49. The van der Waals surface area contributed by atoms with Crippen molar-refractivity contribution in [2.45, 2.75) is 0 Å². The van der Waals surface area contributed by atoms with Gasteiger partial charge in [0, 0.05) is 38.4 Å². The van der Waals surface area contributed by atoms with Crippen LogP contribution in [0.1, 0.15) is 20.8 Å². The molecule has 1 aromatic heterocycles. The van der Waals surface area contributed by atoms with Gasteiger partial charge in [-0.15, -0.1) is 0 Å². The van der Waals surface area contributed by atoms with Gasteiger partial charge in [0.1, 0.15) is 17.3 Å². The van der Waals surface area contributed by atoms with Gasteiger partial charge in [0.05, 0.1) is 11.3 Å². The molecule has 2 amide bonds. The molecule has 0 bridgehead atoms. The average molecular weight is 346 g/mol. The number of benzene rings is 1. The summed E-state index contributed by atoms with van der Waals surface area (Å²) in [5.41, 5.74) is 5.76. The zero-order valence-corrected chi connectivity index (χ0v) is 13.3. The third-order valence-electron chi connectivity index (χ3n) is 4.08. The summed E-state index contributed by atoms with van der Waals surface area (Å²) in [6, 6.07) is 6.20. The maximum absolute atomic E-state index is 13.8. The van der Waals surface area contributed by atoms with Gasteiger partial charge >= 0.3 is 0 Å². The first kappa shape index (κ1) is 16.8. The highest BCUT2D eigenvalue weighted by atomic mass is 19.1. The zero-order valence-electron chi connectivity index (χ0n) is 13.3. The summed E-state index contributed by atoms with van der Waals surface area (Å²) in [5.74, 6) is -1.90. The highest BCUT2D eigenvalue weighted by Crippen LogP contribution is 2.22. The van der Waals surface area contributed by atoms with Gasteiger partial charge in [-0.1, -0.05) is 0 Å². The number of pyridine rings is 1. The fraction of sp³-hybridized carbons (Fsp3) is 0.235. The van der Waals surface area contributed by atoms with Gasteiger partial charge in [0.25, 0.3) is 5.91 Å². The summed E-state index contributed by atoms with van der Waals surface area (Å²) in [6.07, 6.45) is 1.26. The van der Waals surface area contributed by atoms with Crippen molar-refractivity contribution in [2.24, 2.45) is 5.73 Å². The van der Waals surface area contributed by atoms with E-state index in [1.54, 1.807) is 9.80 Å². The second-order valence-electron chi connectivity index (χ2n) is 5.67. The van der Waals surface area contributed by atoms with E-state index in [0.29, 0.717) is 26.2 Å². The first-order chi connectivity index (χ1) is 12.0. The molecule has 1 aromatic carbocycles. The molecule has 1 aliphatic heterocycles. The number of carbonyl (C=O) groups excluding carboxylic acids is 2. The number of amides is 2. The highest BCUT2D eigenvalue weighted by Gasteiger charge is 2.24. The van der Waals surface area contributed by atoms with E-state index in [2.05, 4.69) is 4.98 Å². The monoisotopic (exact) mass is 346 g/mol. The second-order valence-corrected chi connectivity index (χ2v) is 5.67. The molecule has 1 aliphatic rings. The van der Waals surface area contributed by atoms with Crippen LogP contribution in [-0.4, -0.2) is 47.9 Å². The Morgan fingerprint density at radius 1 is 1.04 bits per heavy atom. The molecule has 1 fully saturated rings. The van der Waals surface area contributed by atoms with Crippen LogP contribution in [-0.2, 0) is 0 Å². The predicted molar refractivity (Wildman–Crippen MR) is 87.2 cm³/mol. The van der Waals surface area contributed by atoms with Crippen molar-refractivity contribution in [3.63, 3.8) is 0 Å². The fourth-order valence-corrected chi connectivity index (χ4v) is 2.71. The van der Waals surface area contributed by atoms with Crippen molar-refractivity contribution < 1.29 is 18.4 Å². The summed E-state index contributed by atoms with van der Waals surface area (Å²) in [6.45, 7) is 1.47. The molecule has 0 spiro atoms.